The van der Waals surface area contributed by atoms with Crippen LogP contribution < -0.4 is 5.73 Å². The highest BCUT2D eigenvalue weighted by atomic mass is 32.2. The van der Waals surface area contributed by atoms with E-state index in [4.69, 9.17) is 10.5 Å². The topological polar surface area (TPSA) is 67.9 Å². The van der Waals surface area contributed by atoms with Crippen LogP contribution in [0.25, 0.3) is 0 Å². The summed E-state index contributed by atoms with van der Waals surface area (Å²) in [6.45, 7) is 4.23. The van der Waals surface area contributed by atoms with Crippen LogP contribution in [0.5, 0.6) is 0 Å². The minimum Gasteiger partial charge on any atom is -0.375 e. The molecule has 31 heavy (non-hydrogen) atoms. The van der Waals surface area contributed by atoms with E-state index in [1.165, 1.54) is 23.9 Å². The first-order valence-corrected chi connectivity index (χ1v) is 11.0. The molecule has 2 N–H and O–H groups in total. The number of hydrogen-bond acceptors (Lipinski definition) is 5. The van der Waals surface area contributed by atoms with Crippen molar-refractivity contribution in [2.45, 2.75) is 31.6 Å². The van der Waals surface area contributed by atoms with E-state index >= 15 is 0 Å². The third-order valence-corrected chi connectivity index (χ3v) is 7.05. The molecule has 0 aromatic heterocycles. The number of carbonyl (C=O) groups is 1. The van der Waals surface area contributed by atoms with Crippen molar-refractivity contribution in [3.63, 3.8) is 0 Å². The minimum absolute atomic E-state index is 0.0262. The van der Waals surface area contributed by atoms with E-state index in [1.807, 2.05) is 38.1 Å². The van der Waals surface area contributed by atoms with Crippen LogP contribution in [0.15, 0.2) is 47.6 Å². The second-order valence-electron chi connectivity index (χ2n) is 7.46. The van der Waals surface area contributed by atoms with Gasteiger partial charge in [-0.3, -0.25) is 4.79 Å². The maximum atomic E-state index is 14.7. The van der Waals surface area contributed by atoms with E-state index in [0.29, 0.717) is 19.4 Å². The van der Waals surface area contributed by atoms with Crippen molar-refractivity contribution >= 4 is 22.7 Å². The number of carbonyl (C=O) groups excluding carboxylic acids is 1. The quantitative estimate of drug-likeness (QED) is 0.652. The summed E-state index contributed by atoms with van der Waals surface area (Å²) in [6.07, 6.45) is 1.34. The Labute approximate surface area is 185 Å². The number of amides is 1. The van der Waals surface area contributed by atoms with Gasteiger partial charge in [0.2, 0.25) is 0 Å². The van der Waals surface area contributed by atoms with Crippen molar-refractivity contribution in [1.82, 2.24) is 5.01 Å². The second-order valence-corrected chi connectivity index (χ2v) is 8.68. The maximum absolute atomic E-state index is 14.7. The molecule has 0 bridgehead atoms. The van der Waals surface area contributed by atoms with E-state index in [9.17, 15) is 13.6 Å². The number of methoxy groups -OCH3 is 1. The molecule has 1 amide bonds. The predicted octanol–water partition coefficient (Wildman–Crippen LogP) is 4.38. The Balaban J connectivity index is 2.25. The van der Waals surface area contributed by atoms with E-state index in [1.54, 1.807) is 0 Å². The Morgan fingerprint density at radius 1 is 1.29 bits per heavy atom. The summed E-state index contributed by atoms with van der Waals surface area (Å²) in [5.74, 6) is -1.61. The average Bonchev–Trinajstić information content (AvgIpc) is 3.15. The fourth-order valence-corrected chi connectivity index (χ4v) is 5.77. The molecule has 0 spiro atoms. The molecule has 0 saturated heterocycles. The summed E-state index contributed by atoms with van der Waals surface area (Å²) < 4.78 is 33.7. The van der Waals surface area contributed by atoms with Crippen LogP contribution in [0.4, 0.5) is 8.78 Å². The number of halogens is 2. The Morgan fingerprint density at radius 2 is 2.03 bits per heavy atom. The molecule has 2 atom stereocenters. The standard InChI is InChI=1S/C23H27F2N3O2S/c1-4-16(11-12-26)23(19-8-6-5-7-15(19)2)28(21(29)14-30-3)27-22(31-23)18-13-17(24)9-10-20(18)25/h5-10,13,16H,4,11-12,14,26H2,1-3H3/t16-,23-/m0/s1. The molecule has 1 heterocycles. The minimum atomic E-state index is -0.955. The number of aryl methyl sites for hydroxylation is 1. The lowest BCUT2D eigenvalue weighted by Gasteiger charge is -2.42. The molecule has 1 aliphatic rings. The number of hydrazone groups is 1. The van der Waals surface area contributed by atoms with E-state index in [-0.39, 0.29) is 29.0 Å². The first kappa shape index (κ1) is 23.4. The van der Waals surface area contributed by atoms with Gasteiger partial charge in [-0.25, -0.2) is 13.8 Å². The van der Waals surface area contributed by atoms with E-state index < -0.39 is 16.5 Å². The highest BCUT2D eigenvalue weighted by Crippen LogP contribution is 2.55. The van der Waals surface area contributed by atoms with Crippen LogP contribution in [0.3, 0.4) is 0 Å². The largest absolute Gasteiger partial charge is 0.375 e. The molecule has 2 aromatic carbocycles. The third-order valence-electron chi connectivity index (χ3n) is 5.51. The fourth-order valence-electron chi connectivity index (χ4n) is 4.07. The van der Waals surface area contributed by atoms with Gasteiger partial charge >= 0.3 is 0 Å². The molecule has 166 valence electrons. The summed E-state index contributed by atoms with van der Waals surface area (Å²) >= 11 is 1.27. The van der Waals surface area contributed by atoms with Crippen molar-refractivity contribution in [2.75, 3.05) is 20.3 Å². The van der Waals surface area contributed by atoms with Gasteiger partial charge in [0, 0.05) is 12.7 Å². The molecule has 0 saturated carbocycles. The number of ether oxygens (including phenoxy) is 1. The van der Waals surface area contributed by atoms with Gasteiger partial charge in [-0.15, -0.1) is 0 Å². The Bertz CT molecular complexity index is 985. The lowest BCUT2D eigenvalue weighted by atomic mass is 9.85. The maximum Gasteiger partial charge on any atom is 0.270 e. The van der Waals surface area contributed by atoms with E-state index in [0.717, 1.165) is 29.3 Å². The summed E-state index contributed by atoms with van der Waals surface area (Å²) in [5.41, 5.74) is 7.82. The zero-order valence-electron chi connectivity index (χ0n) is 17.9. The Kier molecular flexibility index (Phi) is 7.46. The highest BCUT2D eigenvalue weighted by Gasteiger charge is 2.53. The third kappa shape index (κ3) is 4.37. The van der Waals surface area contributed by atoms with Crippen LogP contribution in [0.1, 0.15) is 36.5 Å². The number of nitrogens with two attached hydrogens (primary N) is 1. The highest BCUT2D eigenvalue weighted by molar-refractivity contribution is 8.15. The van der Waals surface area contributed by atoms with E-state index in [2.05, 4.69) is 5.10 Å². The summed E-state index contributed by atoms with van der Waals surface area (Å²) in [6, 6.07) is 11.0. The average molecular weight is 448 g/mol. The number of rotatable bonds is 8. The molecule has 2 aromatic rings. The van der Waals surface area contributed by atoms with Gasteiger partial charge in [-0.1, -0.05) is 43.0 Å². The lowest BCUT2D eigenvalue weighted by Crippen LogP contribution is -2.48. The molecule has 5 nitrogen and oxygen atoms in total. The Hall–Kier alpha value is -2.29. The van der Waals surface area contributed by atoms with Crippen LogP contribution in [0.2, 0.25) is 0 Å². The van der Waals surface area contributed by atoms with Gasteiger partial charge in [0.25, 0.3) is 5.91 Å². The SMILES string of the molecule is CC[C@@H](CCN)[C@@]1(c2ccccc2C)SC(c2cc(F)ccc2F)=NN1C(=O)COC. The smallest absolute Gasteiger partial charge is 0.270 e. The van der Waals surface area contributed by atoms with Gasteiger partial charge in [-0.05, 0) is 61.6 Å². The Morgan fingerprint density at radius 3 is 2.68 bits per heavy atom. The monoisotopic (exact) mass is 447 g/mol. The molecule has 0 unspecified atom stereocenters. The number of hydrogen-bond donors (Lipinski definition) is 1. The number of thioether (sulfide) groups is 1. The first-order chi connectivity index (χ1) is 14.9. The van der Waals surface area contributed by atoms with Gasteiger partial charge in [0.1, 0.15) is 28.2 Å². The van der Waals surface area contributed by atoms with Crippen molar-refractivity contribution < 1.29 is 18.3 Å². The number of benzene rings is 2. The molecule has 8 heteroatoms. The van der Waals surface area contributed by atoms with Gasteiger partial charge in [0.05, 0.1) is 0 Å². The molecule has 1 aliphatic heterocycles. The van der Waals surface area contributed by atoms with Crippen molar-refractivity contribution in [2.24, 2.45) is 16.8 Å². The normalized spacial score (nSPS) is 19.4. The van der Waals surface area contributed by atoms with Crippen molar-refractivity contribution in [3.8, 4) is 0 Å². The summed E-state index contributed by atoms with van der Waals surface area (Å²) in [4.78, 5) is 12.2. The zero-order chi connectivity index (χ0) is 22.6. The van der Waals surface area contributed by atoms with Crippen LogP contribution in [-0.4, -0.2) is 36.2 Å². The van der Waals surface area contributed by atoms with Crippen LogP contribution >= 0.6 is 11.8 Å². The molecular weight excluding hydrogens is 420 g/mol. The summed E-state index contributed by atoms with van der Waals surface area (Å²) in [5, 5.41) is 6.18. The van der Waals surface area contributed by atoms with Crippen LogP contribution in [-0.2, 0) is 14.4 Å². The molecule has 0 fully saturated rings. The fraction of sp³-hybridized carbons (Fsp3) is 0.391. The number of nitrogens with zero attached hydrogens (tertiary/aromatic N) is 2. The molecule has 0 aliphatic carbocycles. The molecule has 0 radical (unpaired) electrons. The lowest BCUT2D eigenvalue weighted by molar-refractivity contribution is -0.140. The molecule has 3 rings (SSSR count). The summed E-state index contributed by atoms with van der Waals surface area (Å²) in [7, 11) is 1.44. The zero-order valence-corrected chi connectivity index (χ0v) is 18.7. The van der Waals surface area contributed by atoms with Gasteiger partial charge in [0.15, 0.2) is 0 Å². The van der Waals surface area contributed by atoms with Crippen molar-refractivity contribution in [1.29, 1.82) is 0 Å². The van der Waals surface area contributed by atoms with Crippen molar-refractivity contribution in [3.05, 3.63) is 70.8 Å². The first-order valence-electron chi connectivity index (χ1n) is 10.2. The van der Waals surface area contributed by atoms with Gasteiger partial charge < -0.3 is 10.5 Å². The predicted molar refractivity (Wildman–Crippen MR) is 120 cm³/mol. The van der Waals surface area contributed by atoms with Gasteiger partial charge in [-0.2, -0.15) is 5.10 Å². The second kappa shape index (κ2) is 9.89. The molecular formula is C23H27F2N3O2S. The van der Waals surface area contributed by atoms with Crippen LogP contribution in [0, 0.1) is 24.5 Å².